The normalized spacial score (nSPS) is 17.2. The van der Waals surface area contributed by atoms with E-state index in [1.54, 1.807) is 18.2 Å². The Morgan fingerprint density at radius 1 is 0.955 bits per heavy atom. The molecule has 44 heavy (non-hydrogen) atoms. The molecule has 3 heterocycles. The van der Waals surface area contributed by atoms with E-state index >= 15 is 0 Å². The smallest absolute Gasteiger partial charge is 0.264 e. The second kappa shape index (κ2) is 14.6. The lowest BCUT2D eigenvalue weighted by Gasteiger charge is -2.36. The standard InChI is InChI=1S/C34H48N4O5Si/c1-34(2,3)44(4,5)43-21-12-10-8-6-7-9-11-14-24-17-18-25(35-22-24)23-36-27-16-13-15-26-30(27)33(42)38(32(26)41)28-19-20-29(39)37-31(28)40/h13,15-18,22,28,36H,6-12,14,19-21,23H2,1-5H3,(H,37,39,40). The molecule has 1 aromatic carbocycles. The van der Waals surface area contributed by atoms with Crippen LogP contribution in [0.25, 0.3) is 0 Å². The highest BCUT2D eigenvalue weighted by atomic mass is 28.4. The first kappa shape index (κ1) is 33.5. The van der Waals surface area contributed by atoms with E-state index < -0.39 is 38.0 Å². The summed E-state index contributed by atoms with van der Waals surface area (Å²) in [6.07, 6.45) is 11.7. The van der Waals surface area contributed by atoms with Gasteiger partial charge in [0.15, 0.2) is 8.32 Å². The number of nitrogens with one attached hydrogen (secondary N) is 2. The fourth-order valence-electron chi connectivity index (χ4n) is 5.41. The maximum atomic E-state index is 13.3. The van der Waals surface area contributed by atoms with E-state index in [0.29, 0.717) is 12.2 Å². The number of aryl methyl sites for hydroxylation is 1. The molecule has 1 atom stereocenters. The Bertz CT molecular complexity index is 1350. The average molecular weight is 621 g/mol. The van der Waals surface area contributed by atoms with Gasteiger partial charge in [0, 0.05) is 24.9 Å². The van der Waals surface area contributed by atoms with Gasteiger partial charge in [0.2, 0.25) is 11.8 Å². The number of hydrogen-bond donors (Lipinski definition) is 2. The van der Waals surface area contributed by atoms with E-state index in [-0.39, 0.29) is 29.0 Å². The third-order valence-corrected chi connectivity index (χ3v) is 13.7. The number of carbonyl (C=O) groups excluding carboxylic acids is 4. The topological polar surface area (TPSA) is 118 Å². The Kier molecular flexibility index (Phi) is 11.1. The highest BCUT2D eigenvalue weighted by Crippen LogP contribution is 2.36. The minimum Gasteiger partial charge on any atom is -0.417 e. The largest absolute Gasteiger partial charge is 0.417 e. The number of anilines is 1. The Hall–Kier alpha value is -3.37. The van der Waals surface area contributed by atoms with E-state index in [1.807, 2.05) is 12.3 Å². The number of carbonyl (C=O) groups is 4. The fourth-order valence-corrected chi connectivity index (χ4v) is 6.50. The number of piperidine rings is 1. The lowest BCUT2D eigenvalue weighted by Crippen LogP contribution is -2.54. The van der Waals surface area contributed by atoms with Gasteiger partial charge in [-0.1, -0.05) is 65.0 Å². The molecule has 1 saturated heterocycles. The summed E-state index contributed by atoms with van der Waals surface area (Å²) < 4.78 is 6.27. The van der Waals surface area contributed by atoms with E-state index in [9.17, 15) is 19.2 Å². The second-order valence-electron chi connectivity index (χ2n) is 13.5. The van der Waals surface area contributed by atoms with Gasteiger partial charge in [0.1, 0.15) is 6.04 Å². The van der Waals surface area contributed by atoms with Gasteiger partial charge in [-0.3, -0.25) is 34.4 Å². The molecule has 2 aliphatic rings. The number of pyridine rings is 1. The molecule has 2 N–H and O–H groups in total. The molecule has 1 fully saturated rings. The molecule has 10 heteroatoms. The lowest BCUT2D eigenvalue weighted by atomic mass is 10.0. The number of nitrogens with zero attached hydrogens (tertiary/aromatic N) is 2. The zero-order valence-electron chi connectivity index (χ0n) is 27.0. The van der Waals surface area contributed by atoms with Crippen molar-refractivity contribution < 1.29 is 23.6 Å². The molecule has 0 radical (unpaired) electrons. The van der Waals surface area contributed by atoms with Crippen LogP contribution in [0.3, 0.4) is 0 Å². The number of imide groups is 2. The Morgan fingerprint density at radius 2 is 1.66 bits per heavy atom. The highest BCUT2D eigenvalue weighted by Gasteiger charge is 2.45. The summed E-state index contributed by atoms with van der Waals surface area (Å²) in [5, 5.41) is 5.75. The van der Waals surface area contributed by atoms with Crippen molar-refractivity contribution in [1.82, 2.24) is 15.2 Å². The Morgan fingerprint density at radius 3 is 2.32 bits per heavy atom. The molecule has 238 valence electrons. The quantitative estimate of drug-likeness (QED) is 0.135. The first-order valence-corrected chi connectivity index (χ1v) is 19.0. The molecule has 9 nitrogen and oxygen atoms in total. The maximum Gasteiger partial charge on any atom is 0.264 e. The predicted molar refractivity (Wildman–Crippen MR) is 174 cm³/mol. The minimum absolute atomic E-state index is 0.0880. The number of fused-ring (bicyclic) bond motifs is 1. The van der Waals surface area contributed by atoms with Gasteiger partial charge in [-0.25, -0.2) is 0 Å². The van der Waals surface area contributed by atoms with E-state index in [4.69, 9.17) is 4.43 Å². The highest BCUT2D eigenvalue weighted by molar-refractivity contribution is 6.74. The van der Waals surface area contributed by atoms with Crippen molar-refractivity contribution in [1.29, 1.82) is 0 Å². The average Bonchev–Trinajstić information content (AvgIpc) is 3.22. The second-order valence-corrected chi connectivity index (χ2v) is 18.3. The summed E-state index contributed by atoms with van der Waals surface area (Å²) in [5.41, 5.74) is 3.05. The number of aromatic nitrogens is 1. The first-order chi connectivity index (χ1) is 20.9. The summed E-state index contributed by atoms with van der Waals surface area (Å²) in [7, 11) is -1.62. The molecule has 4 rings (SSSR count). The van der Waals surface area contributed by atoms with Gasteiger partial charge >= 0.3 is 0 Å². The van der Waals surface area contributed by atoms with Crippen LogP contribution in [-0.2, 0) is 27.0 Å². The zero-order chi connectivity index (χ0) is 31.9. The monoisotopic (exact) mass is 620 g/mol. The van der Waals surface area contributed by atoms with Gasteiger partial charge in [0.05, 0.1) is 23.4 Å². The fraction of sp³-hybridized carbons (Fsp3) is 0.559. The van der Waals surface area contributed by atoms with Crippen molar-refractivity contribution in [3.05, 3.63) is 58.9 Å². The number of hydrogen-bond acceptors (Lipinski definition) is 7. The van der Waals surface area contributed by atoms with Gasteiger partial charge in [-0.2, -0.15) is 0 Å². The zero-order valence-corrected chi connectivity index (χ0v) is 28.0. The van der Waals surface area contributed by atoms with Crippen molar-refractivity contribution in [3.8, 4) is 0 Å². The van der Waals surface area contributed by atoms with E-state index in [2.05, 4.69) is 55.5 Å². The summed E-state index contributed by atoms with van der Waals surface area (Å²) in [4.78, 5) is 55.8. The molecule has 0 aliphatic carbocycles. The van der Waals surface area contributed by atoms with Gasteiger partial charge < -0.3 is 9.74 Å². The van der Waals surface area contributed by atoms with Crippen molar-refractivity contribution in [2.75, 3.05) is 11.9 Å². The summed E-state index contributed by atoms with van der Waals surface area (Å²) in [6.45, 7) is 12.8. The predicted octanol–water partition coefficient (Wildman–Crippen LogP) is 6.39. The third kappa shape index (κ3) is 8.21. The summed E-state index contributed by atoms with van der Waals surface area (Å²) in [5.74, 6) is -2.06. The lowest BCUT2D eigenvalue weighted by molar-refractivity contribution is -0.136. The molecule has 1 unspecified atom stereocenters. The summed E-state index contributed by atoms with van der Waals surface area (Å²) in [6, 6.07) is 8.14. The van der Waals surface area contributed by atoms with Gasteiger partial charge in [-0.15, -0.1) is 0 Å². The molecule has 4 amide bonds. The SMILES string of the molecule is CC(C)(C)[Si](C)(C)OCCCCCCCCCc1ccc(CNc2cccc3c2C(=O)N(C2CCC(=O)NC2=O)C3=O)nc1. The number of rotatable bonds is 15. The number of benzene rings is 1. The molecule has 0 saturated carbocycles. The van der Waals surface area contributed by atoms with Gasteiger partial charge in [-0.05, 0) is 67.6 Å². The molecule has 2 aromatic rings. The van der Waals surface area contributed by atoms with Gasteiger partial charge in [0.25, 0.3) is 11.8 Å². The van der Waals surface area contributed by atoms with Crippen LogP contribution in [0.15, 0.2) is 36.5 Å². The summed E-state index contributed by atoms with van der Waals surface area (Å²) >= 11 is 0. The van der Waals surface area contributed by atoms with Crippen LogP contribution in [-0.4, -0.2) is 54.5 Å². The number of unbranched alkanes of at least 4 members (excludes halogenated alkanes) is 6. The van der Waals surface area contributed by atoms with E-state index in [0.717, 1.165) is 36.5 Å². The molecule has 1 aromatic heterocycles. The molecule has 2 aliphatic heterocycles. The minimum atomic E-state index is -1.62. The first-order valence-electron chi connectivity index (χ1n) is 16.1. The molecule has 0 spiro atoms. The van der Waals surface area contributed by atoms with Crippen LogP contribution < -0.4 is 10.6 Å². The van der Waals surface area contributed by atoms with Crippen molar-refractivity contribution in [2.24, 2.45) is 0 Å². The van der Waals surface area contributed by atoms with Crippen LogP contribution in [0.1, 0.15) is 111 Å². The van der Waals surface area contributed by atoms with Crippen LogP contribution in [0.5, 0.6) is 0 Å². The molecular weight excluding hydrogens is 572 g/mol. The van der Waals surface area contributed by atoms with Crippen LogP contribution in [0, 0.1) is 0 Å². The maximum absolute atomic E-state index is 13.3. The molecular formula is C34H48N4O5Si. The molecule has 0 bridgehead atoms. The van der Waals surface area contributed by atoms with Crippen molar-refractivity contribution >= 4 is 37.6 Å². The number of amides is 4. The third-order valence-electron chi connectivity index (χ3n) is 9.19. The van der Waals surface area contributed by atoms with Crippen LogP contribution in [0.4, 0.5) is 5.69 Å². The Labute approximate surface area is 262 Å². The van der Waals surface area contributed by atoms with Crippen molar-refractivity contribution in [3.63, 3.8) is 0 Å². The van der Waals surface area contributed by atoms with Crippen LogP contribution in [0.2, 0.25) is 18.1 Å². The van der Waals surface area contributed by atoms with Crippen molar-refractivity contribution in [2.45, 2.75) is 116 Å². The van der Waals surface area contributed by atoms with Crippen LogP contribution >= 0.6 is 0 Å². The Balaban J connectivity index is 1.16. The van der Waals surface area contributed by atoms with E-state index in [1.165, 1.54) is 37.7 Å².